The number of hydrogen-bond acceptors (Lipinski definition) is 4. The molecule has 0 bridgehead atoms. The Hall–Kier alpha value is -6.65. The quantitative estimate of drug-likeness (QED) is 0.175. The van der Waals surface area contributed by atoms with Crippen LogP contribution in [0, 0.1) is 0 Å². The molecule has 0 aliphatic carbocycles. The number of para-hydroxylation sites is 1. The third-order valence-electron chi connectivity index (χ3n) is 9.94. The molecule has 0 atom stereocenters. The van der Waals surface area contributed by atoms with Gasteiger partial charge in [0.25, 0.3) is 0 Å². The molecule has 0 N–H and O–H groups in total. The zero-order chi connectivity index (χ0) is 35.9. The van der Waals surface area contributed by atoms with E-state index < -0.39 is 0 Å². The maximum absolute atomic E-state index is 6.69. The topological polar surface area (TPSA) is 51.8 Å². The van der Waals surface area contributed by atoms with Crippen molar-refractivity contribution in [3.63, 3.8) is 0 Å². The van der Waals surface area contributed by atoms with Gasteiger partial charge < -0.3 is 4.42 Å². The van der Waals surface area contributed by atoms with E-state index in [0.29, 0.717) is 17.5 Å². The van der Waals surface area contributed by atoms with Gasteiger partial charge in [0, 0.05) is 33.0 Å². The van der Waals surface area contributed by atoms with Gasteiger partial charge in [-0.2, -0.15) is 0 Å². The summed E-state index contributed by atoms with van der Waals surface area (Å²) in [5, 5.41) is 2.00. The lowest BCUT2D eigenvalue weighted by Gasteiger charge is -2.19. The SMILES string of the molecule is CC(C)(C)c1ccc(-c2ccc(-c3nc(-c4ccccc4)nc(-c4cccc5oc6c(-c7cccc(-c8ccccc8)c7)cccc6c45)n3)cc2)cc1. The maximum atomic E-state index is 6.69. The molecule has 0 saturated heterocycles. The summed E-state index contributed by atoms with van der Waals surface area (Å²) >= 11 is 0. The highest BCUT2D eigenvalue weighted by molar-refractivity contribution is 6.15. The molecule has 0 fully saturated rings. The third-order valence-corrected chi connectivity index (χ3v) is 9.94. The summed E-state index contributed by atoms with van der Waals surface area (Å²) < 4.78 is 6.69. The zero-order valence-corrected chi connectivity index (χ0v) is 29.9. The van der Waals surface area contributed by atoms with E-state index in [-0.39, 0.29) is 5.41 Å². The first-order valence-electron chi connectivity index (χ1n) is 18.0. The van der Waals surface area contributed by atoms with E-state index in [0.717, 1.165) is 60.9 Å². The predicted molar refractivity (Wildman–Crippen MR) is 218 cm³/mol. The molecule has 254 valence electrons. The van der Waals surface area contributed by atoms with E-state index >= 15 is 0 Å². The Morgan fingerprint density at radius 1 is 0.396 bits per heavy atom. The van der Waals surface area contributed by atoms with Crippen molar-refractivity contribution in [2.45, 2.75) is 26.2 Å². The average molecular weight is 684 g/mol. The maximum Gasteiger partial charge on any atom is 0.164 e. The molecule has 0 aliphatic rings. The van der Waals surface area contributed by atoms with Crippen LogP contribution in [0.4, 0.5) is 0 Å². The molecule has 0 amide bonds. The first-order valence-corrected chi connectivity index (χ1v) is 18.0. The van der Waals surface area contributed by atoms with Gasteiger partial charge in [-0.15, -0.1) is 0 Å². The molecule has 4 nitrogen and oxygen atoms in total. The second kappa shape index (κ2) is 13.2. The number of hydrogen-bond donors (Lipinski definition) is 0. The summed E-state index contributed by atoms with van der Waals surface area (Å²) in [5.74, 6) is 1.84. The number of benzene rings is 7. The molecule has 0 saturated carbocycles. The molecule has 7 aromatic carbocycles. The minimum atomic E-state index is 0.110. The van der Waals surface area contributed by atoms with Crippen LogP contribution in [0.5, 0.6) is 0 Å². The van der Waals surface area contributed by atoms with Gasteiger partial charge in [-0.3, -0.25) is 0 Å². The summed E-state index contributed by atoms with van der Waals surface area (Å²) in [6, 6.07) is 59.0. The summed E-state index contributed by atoms with van der Waals surface area (Å²) in [5.41, 5.74) is 12.6. The van der Waals surface area contributed by atoms with Gasteiger partial charge in [0.15, 0.2) is 17.5 Å². The van der Waals surface area contributed by atoms with Crippen LogP contribution in [-0.4, -0.2) is 15.0 Å². The highest BCUT2D eigenvalue weighted by atomic mass is 16.3. The smallest absolute Gasteiger partial charge is 0.164 e. The van der Waals surface area contributed by atoms with Crippen LogP contribution in [0.15, 0.2) is 174 Å². The average Bonchev–Trinajstić information content (AvgIpc) is 3.60. The van der Waals surface area contributed by atoms with Crippen molar-refractivity contribution >= 4 is 21.9 Å². The van der Waals surface area contributed by atoms with E-state index in [1.165, 1.54) is 16.7 Å². The fourth-order valence-corrected chi connectivity index (χ4v) is 7.07. The highest BCUT2D eigenvalue weighted by Crippen LogP contribution is 2.41. The number of nitrogens with zero attached hydrogens (tertiary/aromatic N) is 3. The second-order valence-electron chi connectivity index (χ2n) is 14.5. The van der Waals surface area contributed by atoms with Gasteiger partial charge in [-0.05, 0) is 50.9 Å². The molecular formula is C49H37N3O. The molecule has 2 aromatic heterocycles. The Morgan fingerprint density at radius 2 is 0.887 bits per heavy atom. The van der Waals surface area contributed by atoms with Crippen molar-refractivity contribution in [2.24, 2.45) is 0 Å². The first kappa shape index (κ1) is 32.3. The van der Waals surface area contributed by atoms with Gasteiger partial charge in [-0.25, -0.2) is 15.0 Å². The molecule has 53 heavy (non-hydrogen) atoms. The standard InChI is InChI=1S/C49H37N3O/c1-49(2,3)39-29-27-34(28-30-39)33-23-25-36(26-24-33)47-50-46(35-15-8-5-9-16-35)51-48(52-47)42-21-12-22-43-44(42)41-20-11-19-40(45(41)53-43)38-18-10-17-37(31-38)32-13-6-4-7-14-32/h4-31H,1-3H3. The number of aromatic nitrogens is 3. The van der Waals surface area contributed by atoms with Crippen LogP contribution < -0.4 is 0 Å². The van der Waals surface area contributed by atoms with Gasteiger partial charge in [0.2, 0.25) is 0 Å². The molecule has 4 heteroatoms. The van der Waals surface area contributed by atoms with E-state index in [1.807, 2.05) is 48.5 Å². The monoisotopic (exact) mass is 683 g/mol. The fraction of sp³-hybridized carbons (Fsp3) is 0.0816. The largest absolute Gasteiger partial charge is 0.455 e. The van der Waals surface area contributed by atoms with Gasteiger partial charge in [0.1, 0.15) is 11.2 Å². The Kier molecular flexibility index (Phi) is 8.01. The normalized spacial score (nSPS) is 11.7. The molecule has 0 aliphatic heterocycles. The summed E-state index contributed by atoms with van der Waals surface area (Å²) in [6.07, 6.45) is 0. The molecule has 9 aromatic rings. The van der Waals surface area contributed by atoms with Crippen LogP contribution in [0.25, 0.3) is 89.5 Å². The number of furan rings is 1. The second-order valence-corrected chi connectivity index (χ2v) is 14.5. The van der Waals surface area contributed by atoms with Crippen LogP contribution in [0.2, 0.25) is 0 Å². The van der Waals surface area contributed by atoms with E-state index in [9.17, 15) is 0 Å². The fourth-order valence-electron chi connectivity index (χ4n) is 7.07. The van der Waals surface area contributed by atoms with Crippen molar-refractivity contribution < 1.29 is 4.42 Å². The van der Waals surface area contributed by atoms with Gasteiger partial charge in [-0.1, -0.05) is 178 Å². The van der Waals surface area contributed by atoms with E-state index in [4.69, 9.17) is 19.4 Å². The van der Waals surface area contributed by atoms with Crippen molar-refractivity contribution in [2.75, 3.05) is 0 Å². The van der Waals surface area contributed by atoms with Crippen molar-refractivity contribution in [3.05, 3.63) is 175 Å². The van der Waals surface area contributed by atoms with Gasteiger partial charge in [0.05, 0.1) is 0 Å². The molecule has 2 heterocycles. The van der Waals surface area contributed by atoms with Crippen molar-refractivity contribution in [3.8, 4) is 67.5 Å². The molecule has 9 rings (SSSR count). The first-order chi connectivity index (χ1) is 25.9. The highest BCUT2D eigenvalue weighted by Gasteiger charge is 2.20. The number of rotatable bonds is 6. The molecule has 0 spiro atoms. The summed E-state index contributed by atoms with van der Waals surface area (Å²) in [7, 11) is 0. The third kappa shape index (κ3) is 6.19. The molecule has 0 radical (unpaired) electrons. The van der Waals surface area contributed by atoms with Crippen molar-refractivity contribution in [1.29, 1.82) is 0 Å². The van der Waals surface area contributed by atoms with Crippen LogP contribution >= 0.6 is 0 Å². The lowest BCUT2D eigenvalue weighted by atomic mass is 9.86. The Bertz CT molecular complexity index is 2720. The van der Waals surface area contributed by atoms with E-state index in [1.54, 1.807) is 0 Å². The molecular weight excluding hydrogens is 647 g/mol. The predicted octanol–water partition coefficient (Wildman–Crippen LogP) is 13.1. The minimum absolute atomic E-state index is 0.110. The summed E-state index contributed by atoms with van der Waals surface area (Å²) in [6.45, 7) is 6.72. The van der Waals surface area contributed by atoms with Crippen LogP contribution in [-0.2, 0) is 5.41 Å². The lowest BCUT2D eigenvalue weighted by Crippen LogP contribution is -2.10. The Morgan fingerprint density at radius 3 is 1.57 bits per heavy atom. The Balaban J connectivity index is 1.16. The Labute approximate surface area is 309 Å². The zero-order valence-electron chi connectivity index (χ0n) is 29.9. The van der Waals surface area contributed by atoms with Crippen LogP contribution in [0.1, 0.15) is 26.3 Å². The van der Waals surface area contributed by atoms with Crippen molar-refractivity contribution in [1.82, 2.24) is 15.0 Å². The summed E-state index contributed by atoms with van der Waals surface area (Å²) in [4.78, 5) is 15.2. The lowest BCUT2D eigenvalue weighted by molar-refractivity contribution is 0.590. The minimum Gasteiger partial charge on any atom is -0.455 e. The van der Waals surface area contributed by atoms with Crippen LogP contribution in [0.3, 0.4) is 0 Å². The van der Waals surface area contributed by atoms with Gasteiger partial charge >= 0.3 is 0 Å². The molecule has 0 unspecified atom stereocenters. The van der Waals surface area contributed by atoms with E-state index in [2.05, 4.69) is 142 Å². The number of fused-ring (bicyclic) bond motifs is 3.